The maximum absolute atomic E-state index is 11.7. The lowest BCUT2D eigenvalue weighted by molar-refractivity contribution is -0.131. The fraction of sp³-hybridized carbons (Fsp3) is 0.900. The van der Waals surface area contributed by atoms with Gasteiger partial charge in [-0.05, 0) is 26.2 Å². The Bertz CT molecular complexity index is 198. The molecule has 0 spiro atoms. The van der Waals surface area contributed by atoms with Crippen molar-refractivity contribution in [2.24, 2.45) is 0 Å². The molecule has 1 heterocycles. The lowest BCUT2D eigenvalue weighted by Gasteiger charge is -2.28. The third-order valence-corrected chi connectivity index (χ3v) is 3.31. The zero-order chi connectivity index (χ0) is 10.6. The predicted molar refractivity (Wildman–Crippen MR) is 56.5 cm³/mol. The first-order valence-electron chi connectivity index (χ1n) is 5.11. The van der Waals surface area contributed by atoms with Crippen molar-refractivity contribution < 1.29 is 9.53 Å². The molecular weight excluding hydrogens is 202 g/mol. The van der Waals surface area contributed by atoms with E-state index in [-0.39, 0.29) is 17.6 Å². The molecular formula is C10H18ClNO2. The summed E-state index contributed by atoms with van der Waals surface area (Å²) < 4.78 is 5.29. The zero-order valence-corrected chi connectivity index (χ0v) is 9.56. The fourth-order valence-corrected chi connectivity index (χ4v) is 1.63. The molecule has 1 rings (SSSR count). The number of amides is 1. The standard InChI is InChI=1S/C10H18ClNO2/c1-3-10(2,7-11)12-9(13)8-5-4-6-14-8/h8H,3-7H2,1-2H3,(H,12,13). The van der Waals surface area contributed by atoms with E-state index >= 15 is 0 Å². The van der Waals surface area contributed by atoms with E-state index in [1.165, 1.54) is 0 Å². The number of ether oxygens (including phenoxy) is 1. The molecule has 1 saturated heterocycles. The molecule has 0 aromatic carbocycles. The highest BCUT2D eigenvalue weighted by Gasteiger charge is 2.29. The van der Waals surface area contributed by atoms with Gasteiger partial charge in [-0.2, -0.15) is 0 Å². The fourth-order valence-electron chi connectivity index (χ4n) is 1.38. The zero-order valence-electron chi connectivity index (χ0n) is 8.81. The molecule has 0 aromatic heterocycles. The van der Waals surface area contributed by atoms with Crippen molar-refractivity contribution in [1.29, 1.82) is 0 Å². The molecule has 4 heteroatoms. The average molecular weight is 220 g/mol. The van der Waals surface area contributed by atoms with Crippen molar-refractivity contribution >= 4 is 17.5 Å². The van der Waals surface area contributed by atoms with E-state index < -0.39 is 0 Å². The van der Waals surface area contributed by atoms with Crippen LogP contribution in [0.15, 0.2) is 0 Å². The van der Waals surface area contributed by atoms with Crippen molar-refractivity contribution in [3.05, 3.63) is 0 Å². The third-order valence-electron chi connectivity index (χ3n) is 2.72. The largest absolute Gasteiger partial charge is 0.368 e. The van der Waals surface area contributed by atoms with E-state index in [0.29, 0.717) is 12.5 Å². The number of alkyl halides is 1. The van der Waals surface area contributed by atoms with Crippen molar-refractivity contribution in [1.82, 2.24) is 5.32 Å². The lowest BCUT2D eigenvalue weighted by Crippen LogP contribution is -2.50. The van der Waals surface area contributed by atoms with Gasteiger partial charge in [-0.3, -0.25) is 4.79 Å². The highest BCUT2D eigenvalue weighted by Crippen LogP contribution is 2.16. The third kappa shape index (κ3) is 2.85. The maximum Gasteiger partial charge on any atom is 0.249 e. The minimum Gasteiger partial charge on any atom is -0.368 e. The highest BCUT2D eigenvalue weighted by molar-refractivity contribution is 6.18. The number of halogens is 1. The molecule has 1 aliphatic heterocycles. The molecule has 3 nitrogen and oxygen atoms in total. The lowest BCUT2D eigenvalue weighted by atomic mass is 10.0. The van der Waals surface area contributed by atoms with Gasteiger partial charge in [0.1, 0.15) is 6.10 Å². The van der Waals surface area contributed by atoms with Crippen LogP contribution in [0.25, 0.3) is 0 Å². The van der Waals surface area contributed by atoms with Crippen molar-refractivity contribution in [2.75, 3.05) is 12.5 Å². The predicted octanol–water partition coefficient (Wildman–Crippen LogP) is 1.69. The summed E-state index contributed by atoms with van der Waals surface area (Å²) in [6.07, 6.45) is 2.37. The van der Waals surface area contributed by atoms with Crippen LogP contribution in [-0.4, -0.2) is 30.0 Å². The number of carbonyl (C=O) groups excluding carboxylic acids is 1. The van der Waals surface area contributed by atoms with Gasteiger partial charge in [-0.15, -0.1) is 11.6 Å². The molecule has 1 aliphatic rings. The summed E-state index contributed by atoms with van der Waals surface area (Å²) in [5, 5.41) is 2.94. The summed E-state index contributed by atoms with van der Waals surface area (Å²) in [6.45, 7) is 4.66. The first kappa shape index (κ1) is 11.8. The van der Waals surface area contributed by atoms with Gasteiger partial charge >= 0.3 is 0 Å². The average Bonchev–Trinajstić information content (AvgIpc) is 2.70. The Balaban J connectivity index is 2.45. The SMILES string of the molecule is CCC(C)(CCl)NC(=O)C1CCCO1. The van der Waals surface area contributed by atoms with Gasteiger partial charge in [-0.1, -0.05) is 6.92 Å². The van der Waals surface area contributed by atoms with Gasteiger partial charge in [0, 0.05) is 12.5 Å². The molecule has 1 fully saturated rings. The van der Waals surface area contributed by atoms with Gasteiger partial charge in [0.25, 0.3) is 0 Å². The van der Waals surface area contributed by atoms with Gasteiger partial charge in [0.15, 0.2) is 0 Å². The summed E-state index contributed by atoms with van der Waals surface area (Å²) >= 11 is 5.80. The molecule has 0 aliphatic carbocycles. The Morgan fingerprint density at radius 2 is 2.43 bits per heavy atom. The van der Waals surface area contributed by atoms with Crippen LogP contribution in [0.2, 0.25) is 0 Å². The van der Waals surface area contributed by atoms with E-state index in [1.807, 2.05) is 13.8 Å². The summed E-state index contributed by atoms with van der Waals surface area (Å²) in [4.78, 5) is 11.7. The van der Waals surface area contributed by atoms with Crippen LogP contribution in [0, 0.1) is 0 Å². The first-order chi connectivity index (χ1) is 6.61. The number of nitrogens with one attached hydrogen (secondary N) is 1. The van der Waals surface area contributed by atoms with Crippen molar-refractivity contribution in [2.45, 2.75) is 44.8 Å². The number of rotatable bonds is 4. The van der Waals surface area contributed by atoms with Gasteiger partial charge in [-0.25, -0.2) is 0 Å². The molecule has 82 valence electrons. The van der Waals surface area contributed by atoms with Gasteiger partial charge in [0.2, 0.25) is 5.91 Å². The van der Waals surface area contributed by atoms with Gasteiger partial charge in [0.05, 0.1) is 5.54 Å². The second-order valence-corrected chi connectivity index (χ2v) is 4.31. The van der Waals surface area contributed by atoms with E-state index in [1.54, 1.807) is 0 Å². The van der Waals surface area contributed by atoms with Crippen molar-refractivity contribution in [3.63, 3.8) is 0 Å². The molecule has 1 amide bonds. The van der Waals surface area contributed by atoms with Crippen LogP contribution >= 0.6 is 11.6 Å². The van der Waals surface area contributed by atoms with Crippen LogP contribution in [-0.2, 0) is 9.53 Å². The smallest absolute Gasteiger partial charge is 0.249 e. The minimum atomic E-state index is -0.301. The Hall–Kier alpha value is -0.280. The van der Waals surface area contributed by atoms with Crippen LogP contribution in [0.5, 0.6) is 0 Å². The summed E-state index contributed by atoms with van der Waals surface area (Å²) in [6, 6.07) is 0. The second-order valence-electron chi connectivity index (χ2n) is 4.04. The van der Waals surface area contributed by atoms with Crippen LogP contribution < -0.4 is 5.32 Å². The Labute approximate surface area is 90.1 Å². The van der Waals surface area contributed by atoms with E-state index in [2.05, 4.69) is 5.32 Å². The van der Waals surface area contributed by atoms with Crippen LogP contribution in [0.4, 0.5) is 0 Å². The Morgan fingerprint density at radius 3 is 2.86 bits per heavy atom. The van der Waals surface area contributed by atoms with Crippen molar-refractivity contribution in [3.8, 4) is 0 Å². The first-order valence-corrected chi connectivity index (χ1v) is 5.64. The molecule has 0 bridgehead atoms. The maximum atomic E-state index is 11.7. The molecule has 0 radical (unpaired) electrons. The topological polar surface area (TPSA) is 38.3 Å². The molecule has 2 atom stereocenters. The van der Waals surface area contributed by atoms with Gasteiger partial charge < -0.3 is 10.1 Å². The Kier molecular flexibility index (Phi) is 4.20. The monoisotopic (exact) mass is 219 g/mol. The number of carbonyl (C=O) groups is 1. The normalized spacial score (nSPS) is 25.8. The quantitative estimate of drug-likeness (QED) is 0.731. The second kappa shape index (κ2) is 4.99. The highest BCUT2D eigenvalue weighted by atomic mass is 35.5. The molecule has 0 saturated carbocycles. The van der Waals surface area contributed by atoms with Crippen LogP contribution in [0.3, 0.4) is 0 Å². The van der Waals surface area contributed by atoms with E-state index in [4.69, 9.17) is 16.3 Å². The van der Waals surface area contributed by atoms with E-state index in [9.17, 15) is 4.79 Å². The Morgan fingerprint density at radius 1 is 1.71 bits per heavy atom. The van der Waals surface area contributed by atoms with E-state index in [0.717, 1.165) is 19.3 Å². The minimum absolute atomic E-state index is 0.0208. The molecule has 14 heavy (non-hydrogen) atoms. The molecule has 1 N–H and O–H groups in total. The summed E-state index contributed by atoms with van der Waals surface area (Å²) in [5.74, 6) is 0.412. The molecule has 2 unspecified atom stereocenters. The van der Waals surface area contributed by atoms with Crippen LogP contribution in [0.1, 0.15) is 33.1 Å². The number of hydrogen-bond acceptors (Lipinski definition) is 2. The summed E-state index contributed by atoms with van der Waals surface area (Å²) in [5.41, 5.74) is -0.301. The molecule has 0 aromatic rings. The number of hydrogen-bond donors (Lipinski definition) is 1. The summed E-state index contributed by atoms with van der Waals surface area (Å²) in [7, 11) is 0.